The fourth-order valence-corrected chi connectivity index (χ4v) is 1.97. The van der Waals surface area contributed by atoms with Gasteiger partial charge in [-0.25, -0.2) is 13.6 Å². The summed E-state index contributed by atoms with van der Waals surface area (Å²) in [4.78, 5) is 23.4. The second-order valence-electron chi connectivity index (χ2n) is 4.90. The molecule has 0 fully saturated rings. The Kier molecular flexibility index (Phi) is 5.41. The molecule has 1 atom stereocenters. The van der Waals surface area contributed by atoms with E-state index in [1.807, 2.05) is 30.3 Å². The summed E-state index contributed by atoms with van der Waals surface area (Å²) in [5.74, 6) is -3.30. The van der Waals surface area contributed by atoms with Crippen LogP contribution < -0.4 is 5.32 Å². The Morgan fingerprint density at radius 2 is 1.83 bits per heavy atom. The van der Waals surface area contributed by atoms with Gasteiger partial charge in [-0.3, -0.25) is 4.79 Å². The van der Waals surface area contributed by atoms with E-state index in [0.717, 1.165) is 23.8 Å². The number of hydrogen-bond donors (Lipinski definition) is 1. The summed E-state index contributed by atoms with van der Waals surface area (Å²) in [5, 5.41) is 2.65. The minimum absolute atomic E-state index is 0.270. The van der Waals surface area contributed by atoms with Crippen LogP contribution in [-0.2, 0) is 9.53 Å². The van der Waals surface area contributed by atoms with Gasteiger partial charge in [0.05, 0.1) is 11.6 Å². The van der Waals surface area contributed by atoms with Crippen LogP contribution in [0, 0.1) is 11.6 Å². The number of carbonyl (C=O) groups excluding carboxylic acids is 2. The first-order chi connectivity index (χ1) is 11.0. The Morgan fingerprint density at radius 1 is 1.13 bits per heavy atom. The fraction of sp³-hybridized carbons (Fsp3) is 0.176. The number of amides is 1. The topological polar surface area (TPSA) is 55.4 Å². The Labute approximate surface area is 132 Å². The lowest BCUT2D eigenvalue weighted by Crippen LogP contribution is -2.31. The van der Waals surface area contributed by atoms with Crippen LogP contribution in [0.1, 0.15) is 28.9 Å². The number of carbonyl (C=O) groups is 2. The third-order valence-electron chi connectivity index (χ3n) is 3.16. The SMILES string of the molecule is C[C@@H](NC(=O)COC(=O)c1cc(F)ccc1F)c1ccccc1. The van der Waals surface area contributed by atoms with Gasteiger partial charge in [0.2, 0.25) is 0 Å². The van der Waals surface area contributed by atoms with Gasteiger partial charge in [0.25, 0.3) is 5.91 Å². The molecule has 2 aromatic rings. The van der Waals surface area contributed by atoms with Gasteiger partial charge in [-0.15, -0.1) is 0 Å². The largest absolute Gasteiger partial charge is 0.452 e. The molecule has 1 N–H and O–H groups in total. The Bertz CT molecular complexity index is 704. The summed E-state index contributed by atoms with van der Waals surface area (Å²) in [5.41, 5.74) is 0.345. The predicted octanol–water partition coefficient (Wildman–Crippen LogP) is 3.00. The summed E-state index contributed by atoms with van der Waals surface area (Å²) in [7, 11) is 0. The number of benzene rings is 2. The molecule has 0 aliphatic heterocycles. The highest BCUT2D eigenvalue weighted by molar-refractivity contribution is 5.91. The Hall–Kier alpha value is -2.76. The first-order valence-electron chi connectivity index (χ1n) is 6.94. The van der Waals surface area contributed by atoms with Crippen molar-refractivity contribution in [1.29, 1.82) is 0 Å². The van der Waals surface area contributed by atoms with Crippen molar-refractivity contribution in [3.05, 3.63) is 71.3 Å². The third-order valence-corrected chi connectivity index (χ3v) is 3.16. The third kappa shape index (κ3) is 4.60. The molecule has 0 bridgehead atoms. The van der Waals surface area contributed by atoms with Gasteiger partial charge in [-0.1, -0.05) is 30.3 Å². The normalized spacial score (nSPS) is 11.6. The zero-order valence-electron chi connectivity index (χ0n) is 12.4. The minimum Gasteiger partial charge on any atom is -0.452 e. The van der Waals surface area contributed by atoms with E-state index in [1.54, 1.807) is 6.92 Å². The second-order valence-corrected chi connectivity index (χ2v) is 4.90. The molecule has 6 heteroatoms. The monoisotopic (exact) mass is 319 g/mol. The highest BCUT2D eigenvalue weighted by Crippen LogP contribution is 2.12. The lowest BCUT2D eigenvalue weighted by atomic mass is 10.1. The van der Waals surface area contributed by atoms with Gasteiger partial charge in [-0.05, 0) is 30.7 Å². The van der Waals surface area contributed by atoms with Gasteiger partial charge in [0.15, 0.2) is 6.61 Å². The van der Waals surface area contributed by atoms with Crippen LogP contribution in [0.15, 0.2) is 48.5 Å². The Morgan fingerprint density at radius 3 is 2.52 bits per heavy atom. The van der Waals surface area contributed by atoms with Gasteiger partial charge >= 0.3 is 5.97 Å². The van der Waals surface area contributed by atoms with Gasteiger partial charge < -0.3 is 10.1 Å². The highest BCUT2D eigenvalue weighted by Gasteiger charge is 2.16. The van der Waals surface area contributed by atoms with Crippen LogP contribution in [0.3, 0.4) is 0 Å². The maximum Gasteiger partial charge on any atom is 0.341 e. The van der Waals surface area contributed by atoms with Crippen LogP contribution in [0.4, 0.5) is 8.78 Å². The van der Waals surface area contributed by atoms with Crippen LogP contribution in [-0.4, -0.2) is 18.5 Å². The smallest absolute Gasteiger partial charge is 0.341 e. The van der Waals surface area contributed by atoms with E-state index in [0.29, 0.717) is 0 Å². The summed E-state index contributed by atoms with van der Waals surface area (Å²) >= 11 is 0. The van der Waals surface area contributed by atoms with Crippen molar-refractivity contribution in [2.45, 2.75) is 13.0 Å². The van der Waals surface area contributed by atoms with Crippen molar-refractivity contribution in [1.82, 2.24) is 5.32 Å². The van der Waals surface area contributed by atoms with E-state index in [2.05, 4.69) is 5.32 Å². The number of hydrogen-bond acceptors (Lipinski definition) is 3. The van der Waals surface area contributed by atoms with Gasteiger partial charge in [-0.2, -0.15) is 0 Å². The Balaban J connectivity index is 1.89. The number of esters is 1. The van der Waals surface area contributed by atoms with E-state index in [-0.39, 0.29) is 6.04 Å². The molecule has 4 nitrogen and oxygen atoms in total. The summed E-state index contributed by atoms with van der Waals surface area (Å²) < 4.78 is 31.1. The molecule has 0 radical (unpaired) electrons. The minimum atomic E-state index is -1.09. The average molecular weight is 319 g/mol. The molecule has 0 aliphatic carbocycles. The summed E-state index contributed by atoms with van der Waals surface area (Å²) in [6.45, 7) is 1.20. The lowest BCUT2D eigenvalue weighted by molar-refractivity contribution is -0.124. The maximum atomic E-state index is 13.4. The van der Waals surface area contributed by atoms with Crippen molar-refractivity contribution in [3.8, 4) is 0 Å². The van der Waals surface area contributed by atoms with Crippen LogP contribution in [0.2, 0.25) is 0 Å². The van der Waals surface area contributed by atoms with Crippen molar-refractivity contribution < 1.29 is 23.1 Å². The van der Waals surface area contributed by atoms with E-state index in [1.165, 1.54) is 0 Å². The quantitative estimate of drug-likeness (QED) is 0.862. The molecule has 0 unspecified atom stereocenters. The van der Waals surface area contributed by atoms with E-state index >= 15 is 0 Å². The number of halogens is 2. The first-order valence-corrected chi connectivity index (χ1v) is 6.94. The predicted molar refractivity (Wildman–Crippen MR) is 79.6 cm³/mol. The number of rotatable bonds is 5. The van der Waals surface area contributed by atoms with E-state index < -0.39 is 35.7 Å². The fourth-order valence-electron chi connectivity index (χ4n) is 1.97. The highest BCUT2D eigenvalue weighted by atomic mass is 19.1. The molecule has 2 rings (SSSR count). The standard InChI is InChI=1S/C17H15F2NO3/c1-11(12-5-3-2-4-6-12)20-16(21)10-23-17(22)14-9-13(18)7-8-15(14)19/h2-9,11H,10H2,1H3,(H,20,21)/t11-/m1/s1. The molecule has 0 spiro atoms. The second kappa shape index (κ2) is 7.49. The van der Waals surface area contributed by atoms with Crippen molar-refractivity contribution in [3.63, 3.8) is 0 Å². The molecule has 2 aromatic carbocycles. The molecular weight excluding hydrogens is 304 g/mol. The lowest BCUT2D eigenvalue weighted by Gasteiger charge is -2.14. The molecule has 0 saturated heterocycles. The molecule has 0 heterocycles. The zero-order chi connectivity index (χ0) is 16.8. The van der Waals surface area contributed by atoms with Gasteiger partial charge in [0.1, 0.15) is 11.6 Å². The van der Waals surface area contributed by atoms with Crippen molar-refractivity contribution in [2.75, 3.05) is 6.61 Å². The molecule has 0 saturated carbocycles. The van der Waals surface area contributed by atoms with Crippen molar-refractivity contribution in [2.24, 2.45) is 0 Å². The molecular formula is C17H15F2NO3. The van der Waals surface area contributed by atoms with Crippen LogP contribution in [0.25, 0.3) is 0 Å². The maximum absolute atomic E-state index is 13.4. The molecule has 0 aromatic heterocycles. The zero-order valence-corrected chi connectivity index (χ0v) is 12.4. The molecule has 1 amide bonds. The molecule has 120 valence electrons. The van der Waals surface area contributed by atoms with Crippen LogP contribution >= 0.6 is 0 Å². The van der Waals surface area contributed by atoms with Crippen LogP contribution in [0.5, 0.6) is 0 Å². The molecule has 23 heavy (non-hydrogen) atoms. The number of nitrogens with one attached hydrogen (secondary N) is 1. The van der Waals surface area contributed by atoms with Gasteiger partial charge in [0, 0.05) is 0 Å². The number of ether oxygens (including phenoxy) is 1. The summed E-state index contributed by atoms with van der Waals surface area (Å²) in [6, 6.07) is 11.4. The average Bonchev–Trinajstić information content (AvgIpc) is 2.55. The summed E-state index contributed by atoms with van der Waals surface area (Å²) in [6.07, 6.45) is 0. The first kappa shape index (κ1) is 16.6. The molecule has 0 aliphatic rings. The van der Waals surface area contributed by atoms with E-state index in [9.17, 15) is 18.4 Å². The van der Waals surface area contributed by atoms with E-state index in [4.69, 9.17) is 4.74 Å². The van der Waals surface area contributed by atoms with Crippen molar-refractivity contribution >= 4 is 11.9 Å².